The van der Waals surface area contributed by atoms with E-state index in [1.54, 1.807) is 50.2 Å². The van der Waals surface area contributed by atoms with E-state index in [-0.39, 0.29) is 4.90 Å². The molecule has 0 unspecified atom stereocenters. The molecular weight excluding hydrogens is 212 g/mol. The summed E-state index contributed by atoms with van der Waals surface area (Å²) in [4.78, 5) is 1.83. The molecule has 0 radical (unpaired) electrons. The van der Waals surface area contributed by atoms with Crippen LogP contribution in [0.1, 0.15) is 5.56 Å². The third kappa shape index (κ3) is 3.06. The molecule has 0 heterocycles. The zero-order valence-corrected chi connectivity index (χ0v) is 9.82. The Morgan fingerprint density at radius 1 is 1.27 bits per heavy atom. The van der Waals surface area contributed by atoms with Crippen LogP contribution < -0.4 is 0 Å². The van der Waals surface area contributed by atoms with Gasteiger partial charge in [0.25, 0.3) is 10.0 Å². The predicted octanol–water partition coefficient (Wildman–Crippen LogP) is 1.27. The first-order chi connectivity index (χ1) is 6.93. The topological polar surface area (TPSA) is 49.7 Å². The molecule has 1 rings (SSSR count). The van der Waals surface area contributed by atoms with Crippen LogP contribution in [0.15, 0.2) is 33.6 Å². The molecule has 1 aromatic rings. The summed E-state index contributed by atoms with van der Waals surface area (Å²) in [7, 11) is -0.120. The fourth-order valence-corrected chi connectivity index (χ4v) is 2.21. The second kappa shape index (κ2) is 4.44. The highest BCUT2D eigenvalue weighted by atomic mass is 32.2. The first kappa shape index (κ1) is 11.7. The van der Waals surface area contributed by atoms with Crippen LogP contribution in [-0.2, 0) is 10.0 Å². The third-order valence-corrected chi connectivity index (χ3v) is 3.17. The second-order valence-corrected chi connectivity index (χ2v) is 5.03. The van der Waals surface area contributed by atoms with Crippen molar-refractivity contribution in [1.29, 1.82) is 0 Å². The van der Waals surface area contributed by atoms with Crippen LogP contribution in [0, 0.1) is 6.92 Å². The highest BCUT2D eigenvalue weighted by molar-refractivity contribution is 7.90. The van der Waals surface area contributed by atoms with Gasteiger partial charge in [-0.05, 0) is 18.6 Å². The van der Waals surface area contributed by atoms with Gasteiger partial charge in [0.05, 0.1) is 4.90 Å². The van der Waals surface area contributed by atoms with Crippen molar-refractivity contribution in [1.82, 2.24) is 4.90 Å². The zero-order valence-electron chi connectivity index (χ0n) is 9.01. The second-order valence-electron chi connectivity index (χ2n) is 3.43. The van der Waals surface area contributed by atoms with E-state index in [9.17, 15) is 8.42 Å². The summed E-state index contributed by atoms with van der Waals surface area (Å²) in [5.41, 5.74) is 0.702. The Kier molecular flexibility index (Phi) is 3.47. The van der Waals surface area contributed by atoms with Crippen molar-refractivity contribution >= 4 is 16.4 Å². The van der Waals surface area contributed by atoms with Gasteiger partial charge in [-0.2, -0.15) is 8.42 Å². The molecule has 0 aromatic heterocycles. The number of benzene rings is 1. The van der Waals surface area contributed by atoms with Gasteiger partial charge in [0.1, 0.15) is 6.34 Å². The Hall–Kier alpha value is -1.36. The van der Waals surface area contributed by atoms with Crippen LogP contribution in [0.3, 0.4) is 0 Å². The summed E-state index contributed by atoms with van der Waals surface area (Å²) in [5, 5.41) is 0. The van der Waals surface area contributed by atoms with Gasteiger partial charge in [-0.1, -0.05) is 18.2 Å². The Morgan fingerprint density at radius 3 is 2.40 bits per heavy atom. The lowest BCUT2D eigenvalue weighted by atomic mass is 10.2. The maximum absolute atomic E-state index is 11.7. The first-order valence-corrected chi connectivity index (χ1v) is 5.90. The van der Waals surface area contributed by atoms with Crippen LogP contribution in [0.4, 0.5) is 0 Å². The molecule has 0 aliphatic rings. The average Bonchev–Trinajstić information content (AvgIpc) is 2.15. The molecule has 0 aliphatic carbocycles. The van der Waals surface area contributed by atoms with E-state index in [0.717, 1.165) is 0 Å². The van der Waals surface area contributed by atoms with Crippen LogP contribution in [0.5, 0.6) is 0 Å². The molecule has 0 saturated carbocycles. The van der Waals surface area contributed by atoms with Gasteiger partial charge in [-0.15, -0.1) is 4.40 Å². The molecule has 5 heteroatoms. The lowest BCUT2D eigenvalue weighted by Crippen LogP contribution is -2.10. The number of hydrogen-bond acceptors (Lipinski definition) is 2. The number of nitrogens with zero attached hydrogens (tertiary/aromatic N) is 2. The smallest absolute Gasteiger partial charge is 0.283 e. The van der Waals surface area contributed by atoms with Crippen molar-refractivity contribution in [2.24, 2.45) is 4.40 Å². The van der Waals surface area contributed by atoms with E-state index >= 15 is 0 Å². The highest BCUT2D eigenvalue weighted by Gasteiger charge is 2.13. The van der Waals surface area contributed by atoms with E-state index in [1.165, 1.54) is 6.34 Å². The van der Waals surface area contributed by atoms with Gasteiger partial charge in [0.2, 0.25) is 0 Å². The van der Waals surface area contributed by atoms with Crippen molar-refractivity contribution in [3.63, 3.8) is 0 Å². The maximum atomic E-state index is 11.7. The molecule has 0 amide bonds. The average molecular weight is 226 g/mol. The Balaban J connectivity index is 3.13. The van der Waals surface area contributed by atoms with E-state index in [4.69, 9.17) is 0 Å². The number of rotatable bonds is 3. The number of sulfonamides is 1. The van der Waals surface area contributed by atoms with Crippen LogP contribution in [-0.4, -0.2) is 33.8 Å². The minimum Gasteiger partial charge on any atom is -0.368 e. The number of aryl methyl sites for hydroxylation is 1. The molecule has 0 N–H and O–H groups in total. The first-order valence-electron chi connectivity index (χ1n) is 4.46. The lowest BCUT2D eigenvalue weighted by molar-refractivity contribution is 0.594. The maximum Gasteiger partial charge on any atom is 0.283 e. The molecule has 0 bridgehead atoms. The van der Waals surface area contributed by atoms with Crippen LogP contribution in [0.25, 0.3) is 0 Å². The summed E-state index contributed by atoms with van der Waals surface area (Å²) in [5.74, 6) is 0. The number of hydrogen-bond donors (Lipinski definition) is 0. The molecule has 15 heavy (non-hydrogen) atoms. The summed E-state index contributed by atoms with van der Waals surface area (Å²) in [6.07, 6.45) is 1.28. The molecule has 0 fully saturated rings. The quantitative estimate of drug-likeness (QED) is 0.576. The highest BCUT2D eigenvalue weighted by Crippen LogP contribution is 2.16. The largest absolute Gasteiger partial charge is 0.368 e. The normalized spacial score (nSPS) is 11.9. The van der Waals surface area contributed by atoms with Gasteiger partial charge in [-0.25, -0.2) is 0 Å². The minimum atomic E-state index is -3.56. The molecule has 0 aliphatic heterocycles. The van der Waals surface area contributed by atoms with Gasteiger partial charge in [-0.3, -0.25) is 0 Å². The van der Waals surface area contributed by atoms with Gasteiger partial charge in [0.15, 0.2) is 0 Å². The summed E-state index contributed by atoms with van der Waals surface area (Å²) in [6, 6.07) is 6.78. The monoisotopic (exact) mass is 226 g/mol. The van der Waals surface area contributed by atoms with Crippen LogP contribution in [0.2, 0.25) is 0 Å². The Morgan fingerprint density at radius 2 is 1.87 bits per heavy atom. The van der Waals surface area contributed by atoms with Crippen molar-refractivity contribution in [3.8, 4) is 0 Å². The molecule has 0 atom stereocenters. The third-order valence-electron chi connectivity index (χ3n) is 1.79. The van der Waals surface area contributed by atoms with E-state index < -0.39 is 10.0 Å². The van der Waals surface area contributed by atoms with Crippen LogP contribution >= 0.6 is 0 Å². The van der Waals surface area contributed by atoms with E-state index in [2.05, 4.69) is 4.40 Å². The molecule has 4 nitrogen and oxygen atoms in total. The zero-order chi connectivity index (χ0) is 11.5. The van der Waals surface area contributed by atoms with Crippen molar-refractivity contribution in [2.45, 2.75) is 11.8 Å². The Labute approximate surface area is 90.3 Å². The fourth-order valence-electron chi connectivity index (χ4n) is 1.06. The SMILES string of the molecule is Cc1ccccc1S(=O)(=O)/N=C/N(C)C. The predicted molar refractivity (Wildman–Crippen MR) is 60.5 cm³/mol. The van der Waals surface area contributed by atoms with Gasteiger partial charge in [0, 0.05) is 14.1 Å². The fraction of sp³-hybridized carbons (Fsp3) is 0.300. The molecule has 82 valence electrons. The summed E-state index contributed by atoms with van der Waals surface area (Å²) < 4.78 is 27.0. The molecular formula is C10H14N2O2S. The van der Waals surface area contributed by atoms with E-state index in [1.807, 2.05) is 0 Å². The molecule has 0 spiro atoms. The lowest BCUT2D eigenvalue weighted by Gasteiger charge is -2.04. The van der Waals surface area contributed by atoms with E-state index in [0.29, 0.717) is 5.56 Å². The summed E-state index contributed by atoms with van der Waals surface area (Å²) >= 11 is 0. The van der Waals surface area contributed by atoms with Gasteiger partial charge >= 0.3 is 0 Å². The molecule has 1 aromatic carbocycles. The standard InChI is InChI=1S/C10H14N2O2S/c1-9-6-4-5-7-10(9)15(13,14)11-8-12(2)3/h4-8H,1-3H3/b11-8+. The van der Waals surface area contributed by atoms with Crippen molar-refractivity contribution in [2.75, 3.05) is 14.1 Å². The van der Waals surface area contributed by atoms with Gasteiger partial charge < -0.3 is 4.90 Å². The van der Waals surface area contributed by atoms with Crippen molar-refractivity contribution in [3.05, 3.63) is 29.8 Å². The molecule has 0 saturated heterocycles. The minimum absolute atomic E-state index is 0.253. The Bertz CT molecular complexity index is 464. The van der Waals surface area contributed by atoms with Crippen molar-refractivity contribution < 1.29 is 8.42 Å². The summed E-state index contributed by atoms with van der Waals surface area (Å²) in [6.45, 7) is 1.75.